The van der Waals surface area contributed by atoms with Crippen LogP contribution in [0.4, 0.5) is 5.69 Å². The van der Waals surface area contributed by atoms with Gasteiger partial charge in [-0.25, -0.2) is 4.79 Å². The molecule has 6 heteroatoms. The summed E-state index contributed by atoms with van der Waals surface area (Å²) in [4.78, 5) is 20.9. The van der Waals surface area contributed by atoms with Crippen LogP contribution in [0.5, 0.6) is 0 Å². The van der Waals surface area contributed by atoms with Crippen LogP contribution < -0.4 is 5.76 Å². The molecule has 0 atom stereocenters. The Hall–Kier alpha value is -2.11. The van der Waals surface area contributed by atoms with Gasteiger partial charge in [-0.3, -0.25) is 14.7 Å². The van der Waals surface area contributed by atoms with Crippen molar-refractivity contribution in [2.75, 3.05) is 0 Å². The van der Waals surface area contributed by atoms with Gasteiger partial charge in [0.2, 0.25) is 0 Å². The molecule has 2 aromatic rings. The molecule has 2 rings (SSSR count). The predicted octanol–water partition coefficient (Wildman–Crippen LogP) is 1.04. The molecule has 0 bridgehead atoms. The number of nitro benzene ring substituents is 1. The second kappa shape index (κ2) is 2.69. The number of non-ortho nitro benzene ring substituents is 1. The maximum atomic E-state index is 11.0. The first-order valence-corrected chi connectivity index (χ1v) is 3.83. The second-order valence-corrected chi connectivity index (χ2v) is 2.84. The maximum absolute atomic E-state index is 11.0. The van der Waals surface area contributed by atoms with Crippen LogP contribution in [0.2, 0.25) is 0 Å². The molecule has 0 unspecified atom stereocenters. The summed E-state index contributed by atoms with van der Waals surface area (Å²) >= 11 is 0. The summed E-state index contributed by atoms with van der Waals surface area (Å²) < 4.78 is 6.08. The third-order valence-electron chi connectivity index (χ3n) is 1.99. The topological polar surface area (TPSA) is 78.3 Å². The lowest BCUT2D eigenvalue weighted by Crippen LogP contribution is -2.08. The first-order valence-electron chi connectivity index (χ1n) is 3.83. The molecule has 0 N–H and O–H groups in total. The van der Waals surface area contributed by atoms with E-state index in [0.29, 0.717) is 5.52 Å². The van der Waals surface area contributed by atoms with Crippen molar-refractivity contribution in [1.29, 1.82) is 0 Å². The van der Waals surface area contributed by atoms with Gasteiger partial charge in [-0.15, -0.1) is 0 Å². The molecule has 1 heterocycles. The van der Waals surface area contributed by atoms with Crippen LogP contribution in [0.15, 0.2) is 27.4 Å². The molecule has 14 heavy (non-hydrogen) atoms. The van der Waals surface area contributed by atoms with Gasteiger partial charge >= 0.3 is 5.76 Å². The van der Waals surface area contributed by atoms with E-state index in [2.05, 4.69) is 0 Å². The van der Waals surface area contributed by atoms with E-state index in [-0.39, 0.29) is 11.3 Å². The minimum atomic E-state index is -0.535. The second-order valence-electron chi connectivity index (χ2n) is 2.84. The van der Waals surface area contributed by atoms with E-state index in [0.717, 1.165) is 0 Å². The van der Waals surface area contributed by atoms with Gasteiger partial charge in [0, 0.05) is 13.1 Å². The molecule has 0 radical (unpaired) electrons. The molecule has 1 aromatic heterocycles. The lowest BCUT2D eigenvalue weighted by Gasteiger charge is -1.91. The number of nitro groups is 1. The number of fused-ring (bicyclic) bond motifs is 1. The van der Waals surface area contributed by atoms with Gasteiger partial charge in [0.05, 0.1) is 16.5 Å². The van der Waals surface area contributed by atoms with E-state index in [1.165, 1.54) is 22.8 Å². The third-order valence-corrected chi connectivity index (χ3v) is 1.99. The zero-order valence-electron chi connectivity index (χ0n) is 7.26. The van der Waals surface area contributed by atoms with Crippen molar-refractivity contribution in [1.82, 2.24) is 4.57 Å². The van der Waals surface area contributed by atoms with Gasteiger partial charge in [0.15, 0.2) is 5.58 Å². The fourth-order valence-electron chi connectivity index (χ4n) is 1.24. The fourth-order valence-corrected chi connectivity index (χ4v) is 1.24. The number of hydrogen-bond donors (Lipinski definition) is 0. The quantitative estimate of drug-likeness (QED) is 0.501. The average Bonchev–Trinajstić information content (AvgIpc) is 2.42. The van der Waals surface area contributed by atoms with Gasteiger partial charge in [0.25, 0.3) is 5.69 Å². The Labute approximate surface area is 77.5 Å². The highest BCUT2D eigenvalue weighted by Crippen LogP contribution is 2.18. The van der Waals surface area contributed by atoms with Gasteiger partial charge < -0.3 is 4.42 Å². The number of benzene rings is 1. The molecule has 0 fully saturated rings. The molecule has 0 amide bonds. The van der Waals surface area contributed by atoms with Crippen molar-refractivity contribution >= 4 is 16.8 Å². The zero-order valence-corrected chi connectivity index (χ0v) is 7.26. The van der Waals surface area contributed by atoms with Gasteiger partial charge in [-0.2, -0.15) is 0 Å². The van der Waals surface area contributed by atoms with Crippen molar-refractivity contribution in [3.8, 4) is 0 Å². The van der Waals surface area contributed by atoms with Gasteiger partial charge in [-0.05, 0) is 6.07 Å². The molecule has 0 aliphatic heterocycles. The van der Waals surface area contributed by atoms with E-state index < -0.39 is 10.7 Å². The van der Waals surface area contributed by atoms with E-state index >= 15 is 0 Å². The largest absolute Gasteiger partial charge is 0.419 e. The Morgan fingerprint density at radius 3 is 2.86 bits per heavy atom. The van der Waals surface area contributed by atoms with Crippen LogP contribution in [0, 0.1) is 10.1 Å². The lowest BCUT2D eigenvalue weighted by atomic mass is 10.3. The van der Waals surface area contributed by atoms with E-state index in [9.17, 15) is 14.9 Å². The minimum Gasteiger partial charge on any atom is -0.407 e. The first-order chi connectivity index (χ1) is 6.59. The highest BCUT2D eigenvalue weighted by molar-refractivity contribution is 5.75. The van der Waals surface area contributed by atoms with Crippen LogP contribution in [0.25, 0.3) is 11.1 Å². The van der Waals surface area contributed by atoms with E-state index in [1.807, 2.05) is 0 Å². The molecule has 0 aliphatic carbocycles. The Balaban J connectivity index is 2.80. The highest BCUT2D eigenvalue weighted by Gasteiger charge is 2.11. The fraction of sp³-hybridized carbons (Fsp3) is 0.125. The number of oxazole rings is 1. The van der Waals surface area contributed by atoms with Crippen molar-refractivity contribution in [2.24, 2.45) is 7.05 Å². The van der Waals surface area contributed by atoms with E-state index in [4.69, 9.17) is 4.42 Å². The number of aryl methyl sites for hydroxylation is 1. The molecule has 6 nitrogen and oxygen atoms in total. The summed E-state index contributed by atoms with van der Waals surface area (Å²) in [7, 11) is 1.54. The number of rotatable bonds is 1. The monoisotopic (exact) mass is 194 g/mol. The molecule has 1 aromatic carbocycles. The summed E-state index contributed by atoms with van der Waals surface area (Å²) in [6.45, 7) is 0. The molecule has 72 valence electrons. The Morgan fingerprint density at radius 1 is 1.50 bits per heavy atom. The Kier molecular flexibility index (Phi) is 1.63. The zero-order chi connectivity index (χ0) is 10.3. The van der Waals surface area contributed by atoms with Crippen molar-refractivity contribution in [3.05, 3.63) is 38.9 Å². The van der Waals surface area contributed by atoms with Crippen molar-refractivity contribution in [3.63, 3.8) is 0 Å². The Morgan fingerprint density at radius 2 is 2.21 bits per heavy atom. The smallest absolute Gasteiger partial charge is 0.407 e. The SMILES string of the molecule is Cn1c(=O)oc2cc([N+](=O)[O-])ccc21. The average molecular weight is 194 g/mol. The van der Waals surface area contributed by atoms with Crippen molar-refractivity contribution in [2.45, 2.75) is 0 Å². The highest BCUT2D eigenvalue weighted by atomic mass is 16.6. The Bertz CT molecular complexity index is 566. The summed E-state index contributed by atoms with van der Waals surface area (Å²) in [5, 5.41) is 10.4. The van der Waals surface area contributed by atoms with Crippen LogP contribution in [-0.4, -0.2) is 9.49 Å². The van der Waals surface area contributed by atoms with Gasteiger partial charge in [0.1, 0.15) is 0 Å². The molecular weight excluding hydrogens is 188 g/mol. The molecule has 0 saturated heterocycles. The summed E-state index contributed by atoms with van der Waals surface area (Å²) in [6, 6.07) is 4.05. The summed E-state index contributed by atoms with van der Waals surface area (Å²) in [6.07, 6.45) is 0. The van der Waals surface area contributed by atoms with Gasteiger partial charge in [-0.1, -0.05) is 0 Å². The maximum Gasteiger partial charge on any atom is 0.419 e. The number of nitrogens with zero attached hydrogens (tertiary/aromatic N) is 2. The first kappa shape index (κ1) is 8.49. The number of hydrogen-bond acceptors (Lipinski definition) is 4. The number of aromatic nitrogens is 1. The predicted molar refractivity (Wildman–Crippen MR) is 48.1 cm³/mol. The summed E-state index contributed by atoms with van der Waals surface area (Å²) in [5.41, 5.74) is 0.680. The summed E-state index contributed by atoms with van der Waals surface area (Å²) in [5.74, 6) is -0.527. The van der Waals surface area contributed by atoms with Crippen molar-refractivity contribution < 1.29 is 9.34 Å². The molecular formula is C8H6N2O4. The minimum absolute atomic E-state index is 0.0909. The molecule has 0 saturated carbocycles. The standard InChI is InChI=1S/C8H6N2O4/c1-9-6-3-2-5(10(12)13)4-7(6)14-8(9)11/h2-4H,1H3. The lowest BCUT2D eigenvalue weighted by molar-refractivity contribution is -0.384. The van der Waals surface area contributed by atoms with Crippen LogP contribution in [-0.2, 0) is 7.05 Å². The third kappa shape index (κ3) is 1.08. The van der Waals surface area contributed by atoms with Crippen LogP contribution in [0.3, 0.4) is 0 Å². The molecule has 0 spiro atoms. The van der Waals surface area contributed by atoms with Crippen LogP contribution >= 0.6 is 0 Å². The van der Waals surface area contributed by atoms with Crippen LogP contribution in [0.1, 0.15) is 0 Å². The van der Waals surface area contributed by atoms with E-state index in [1.54, 1.807) is 7.05 Å². The normalized spacial score (nSPS) is 10.6. The molecule has 0 aliphatic rings.